The summed E-state index contributed by atoms with van der Waals surface area (Å²) in [6, 6.07) is 3.44. The van der Waals surface area contributed by atoms with Gasteiger partial charge >= 0.3 is 0 Å². The minimum Gasteiger partial charge on any atom is -0.618 e. The fraction of sp³-hybridized carbons (Fsp3) is 0.444. The zero-order valence-corrected chi connectivity index (χ0v) is 9.53. The Morgan fingerprint density at radius 2 is 2.47 bits per heavy atom. The fourth-order valence-electron chi connectivity index (χ4n) is 1.67. The summed E-state index contributed by atoms with van der Waals surface area (Å²) in [4.78, 5) is 5.02. The van der Waals surface area contributed by atoms with Crippen LogP contribution < -0.4 is 10.2 Å². The van der Waals surface area contributed by atoms with Crippen LogP contribution in [0.3, 0.4) is 0 Å². The van der Waals surface area contributed by atoms with Crippen molar-refractivity contribution in [3.05, 3.63) is 33.7 Å². The lowest BCUT2D eigenvalue weighted by atomic mass is 9.94. The van der Waals surface area contributed by atoms with Crippen LogP contribution in [0.1, 0.15) is 12.1 Å². The van der Waals surface area contributed by atoms with E-state index in [1.54, 1.807) is 12.1 Å². The van der Waals surface area contributed by atoms with Crippen molar-refractivity contribution in [2.75, 3.05) is 13.2 Å². The highest BCUT2D eigenvalue weighted by atomic mass is 79.9. The van der Waals surface area contributed by atoms with Crippen LogP contribution in [0, 0.1) is 5.21 Å². The van der Waals surface area contributed by atoms with Crippen LogP contribution in [0.5, 0.6) is 0 Å². The number of halogens is 1. The number of rotatable bonds is 2. The van der Waals surface area contributed by atoms with Gasteiger partial charge in [-0.2, -0.15) is 10.2 Å². The van der Waals surface area contributed by atoms with Crippen LogP contribution in [0.2, 0.25) is 0 Å². The van der Waals surface area contributed by atoms with Gasteiger partial charge in [0.15, 0.2) is 11.7 Å². The molecule has 6 heteroatoms. The van der Waals surface area contributed by atoms with Gasteiger partial charge in [-0.25, -0.2) is 0 Å². The third-order valence-corrected chi connectivity index (χ3v) is 3.01. The highest BCUT2D eigenvalue weighted by Gasteiger charge is 2.42. The van der Waals surface area contributed by atoms with Crippen molar-refractivity contribution in [3.63, 3.8) is 0 Å². The molecule has 0 aliphatic carbocycles. The van der Waals surface area contributed by atoms with Gasteiger partial charge in [0, 0.05) is 12.5 Å². The van der Waals surface area contributed by atoms with Gasteiger partial charge in [0.2, 0.25) is 5.69 Å². The Morgan fingerprint density at radius 3 is 3.00 bits per heavy atom. The molecule has 0 saturated carbocycles. The third-order valence-electron chi connectivity index (χ3n) is 2.54. The Morgan fingerprint density at radius 1 is 1.67 bits per heavy atom. The van der Waals surface area contributed by atoms with E-state index in [9.17, 15) is 10.3 Å². The van der Waals surface area contributed by atoms with Crippen molar-refractivity contribution in [1.82, 2.24) is 5.48 Å². The predicted octanol–water partition coefficient (Wildman–Crippen LogP) is 0.195. The Balaban J connectivity index is 2.42. The minimum atomic E-state index is -0.775. The molecule has 0 aromatic carbocycles. The molecule has 0 spiro atoms. The van der Waals surface area contributed by atoms with Crippen molar-refractivity contribution in [3.8, 4) is 0 Å². The van der Waals surface area contributed by atoms with Crippen molar-refractivity contribution < 1.29 is 14.7 Å². The summed E-state index contributed by atoms with van der Waals surface area (Å²) < 4.78 is 1.44. The average molecular weight is 275 g/mol. The molecule has 0 amide bonds. The molecule has 0 radical (unpaired) electrons. The Bertz CT molecular complexity index is 366. The number of aliphatic hydroxyl groups is 1. The number of hydrogen-bond acceptors (Lipinski definition) is 4. The predicted molar refractivity (Wildman–Crippen MR) is 55.6 cm³/mol. The molecule has 15 heavy (non-hydrogen) atoms. The lowest BCUT2D eigenvalue weighted by Crippen LogP contribution is -2.49. The summed E-state index contributed by atoms with van der Waals surface area (Å²) >= 11 is 3.21. The number of hydrogen-bond donors (Lipinski definition) is 2. The summed E-state index contributed by atoms with van der Waals surface area (Å²) in [5.41, 5.74) is 2.40. The normalized spacial score (nSPS) is 25.7. The summed E-state index contributed by atoms with van der Waals surface area (Å²) in [7, 11) is 0. The smallest absolute Gasteiger partial charge is 0.217 e. The van der Waals surface area contributed by atoms with Crippen LogP contribution >= 0.6 is 15.9 Å². The molecule has 2 heterocycles. The maximum absolute atomic E-state index is 11.7. The molecular weight excluding hydrogens is 264 g/mol. The second-order valence-electron chi connectivity index (χ2n) is 3.50. The first-order chi connectivity index (χ1) is 7.18. The molecule has 5 nitrogen and oxygen atoms in total. The molecule has 0 bridgehead atoms. The van der Waals surface area contributed by atoms with Gasteiger partial charge in [0.05, 0.1) is 17.7 Å². The molecule has 2 rings (SSSR count). The lowest BCUT2D eigenvalue weighted by Gasteiger charge is -2.23. The number of nitrogens with zero attached hydrogens (tertiary/aromatic N) is 1. The quantitative estimate of drug-likeness (QED) is 0.597. The standard InChI is InChI=1S/C9H11BrN2O3/c10-7-1-2-8(12(14)5-7)9(6-13)3-4-15-11-9/h1-2,5,11,13H,3-4,6H2. The number of aliphatic hydroxyl groups excluding tert-OH is 1. The molecular formula is C9H11BrN2O3. The number of pyridine rings is 1. The maximum atomic E-state index is 11.7. The van der Waals surface area contributed by atoms with E-state index in [1.165, 1.54) is 6.20 Å². The molecule has 1 unspecified atom stereocenters. The zero-order chi connectivity index (χ0) is 10.9. The van der Waals surface area contributed by atoms with Gasteiger partial charge in [-0.1, -0.05) is 0 Å². The zero-order valence-electron chi connectivity index (χ0n) is 7.94. The number of nitrogens with one attached hydrogen (secondary N) is 1. The average Bonchev–Trinajstić information content (AvgIpc) is 2.67. The van der Waals surface area contributed by atoms with E-state index in [1.807, 2.05) is 0 Å². The molecule has 1 saturated heterocycles. The molecule has 1 aromatic rings. The highest BCUT2D eigenvalue weighted by Crippen LogP contribution is 2.26. The van der Waals surface area contributed by atoms with Crippen LogP contribution in [-0.4, -0.2) is 18.3 Å². The second kappa shape index (κ2) is 4.05. The van der Waals surface area contributed by atoms with E-state index in [4.69, 9.17) is 4.84 Å². The van der Waals surface area contributed by atoms with Crippen molar-refractivity contribution in [2.45, 2.75) is 12.0 Å². The van der Waals surface area contributed by atoms with Gasteiger partial charge in [0.1, 0.15) is 0 Å². The Labute approximate surface area is 95.3 Å². The molecule has 2 N–H and O–H groups in total. The molecule has 1 atom stereocenters. The lowest BCUT2D eigenvalue weighted by molar-refractivity contribution is -0.620. The maximum Gasteiger partial charge on any atom is 0.217 e. The van der Waals surface area contributed by atoms with Crippen LogP contribution in [-0.2, 0) is 10.4 Å². The molecule has 1 aliphatic rings. The van der Waals surface area contributed by atoms with Crippen molar-refractivity contribution in [1.29, 1.82) is 0 Å². The Hall–Kier alpha value is -0.690. The van der Waals surface area contributed by atoms with E-state index in [-0.39, 0.29) is 6.61 Å². The van der Waals surface area contributed by atoms with Crippen LogP contribution in [0.15, 0.2) is 22.8 Å². The molecule has 82 valence electrons. The summed E-state index contributed by atoms with van der Waals surface area (Å²) in [5, 5.41) is 21.0. The largest absolute Gasteiger partial charge is 0.618 e. The van der Waals surface area contributed by atoms with E-state index in [0.717, 1.165) is 4.73 Å². The molecule has 1 fully saturated rings. The van der Waals surface area contributed by atoms with Gasteiger partial charge in [0.25, 0.3) is 0 Å². The van der Waals surface area contributed by atoms with E-state index in [0.29, 0.717) is 23.2 Å². The van der Waals surface area contributed by atoms with Gasteiger partial charge in [-0.15, -0.1) is 0 Å². The first kappa shape index (κ1) is 10.8. The summed E-state index contributed by atoms with van der Waals surface area (Å²) in [6.07, 6.45) is 1.99. The molecule has 1 aliphatic heterocycles. The SMILES string of the molecule is [O-][n+]1cc(Br)ccc1C1(CO)CCON1. The Kier molecular flexibility index (Phi) is 2.92. The minimum absolute atomic E-state index is 0.170. The highest BCUT2D eigenvalue weighted by molar-refractivity contribution is 9.10. The number of aromatic nitrogens is 1. The van der Waals surface area contributed by atoms with E-state index >= 15 is 0 Å². The van der Waals surface area contributed by atoms with Gasteiger partial charge < -0.3 is 15.2 Å². The number of hydroxylamine groups is 1. The third kappa shape index (κ3) is 1.85. The fourth-order valence-corrected chi connectivity index (χ4v) is 1.98. The van der Waals surface area contributed by atoms with E-state index in [2.05, 4.69) is 21.4 Å². The monoisotopic (exact) mass is 274 g/mol. The summed E-state index contributed by atoms with van der Waals surface area (Å²) in [6.45, 7) is 0.313. The summed E-state index contributed by atoms with van der Waals surface area (Å²) in [5.74, 6) is 0. The van der Waals surface area contributed by atoms with Crippen LogP contribution in [0.25, 0.3) is 0 Å². The first-order valence-corrected chi connectivity index (χ1v) is 5.36. The van der Waals surface area contributed by atoms with Gasteiger partial charge in [-0.05, 0) is 22.0 Å². The second-order valence-corrected chi connectivity index (χ2v) is 4.41. The van der Waals surface area contributed by atoms with Crippen molar-refractivity contribution in [2.24, 2.45) is 0 Å². The first-order valence-electron chi connectivity index (χ1n) is 4.57. The van der Waals surface area contributed by atoms with Gasteiger partial charge in [-0.3, -0.25) is 0 Å². The van der Waals surface area contributed by atoms with E-state index < -0.39 is 5.54 Å². The molecule has 1 aromatic heterocycles. The topological polar surface area (TPSA) is 68.4 Å². The van der Waals surface area contributed by atoms with Crippen molar-refractivity contribution >= 4 is 15.9 Å². The van der Waals surface area contributed by atoms with Crippen LogP contribution in [0.4, 0.5) is 0 Å².